The lowest BCUT2D eigenvalue weighted by molar-refractivity contribution is -0.114. The second-order valence-electron chi connectivity index (χ2n) is 7.86. The van der Waals surface area contributed by atoms with Crippen LogP contribution in [0.5, 0.6) is 11.5 Å². The minimum Gasteiger partial charge on any atom is -0.491 e. The highest BCUT2D eigenvalue weighted by atomic mass is 16.6. The molecule has 2 N–H and O–H groups in total. The van der Waals surface area contributed by atoms with Crippen molar-refractivity contribution < 1.29 is 19.0 Å². The van der Waals surface area contributed by atoms with E-state index in [1.807, 2.05) is 62.4 Å². The Balaban J connectivity index is 1.51. The van der Waals surface area contributed by atoms with Gasteiger partial charge in [0, 0.05) is 13.3 Å². The maximum Gasteiger partial charge on any atom is 0.347 e. The lowest BCUT2D eigenvalue weighted by Crippen LogP contribution is -2.32. The van der Waals surface area contributed by atoms with Gasteiger partial charge in [-0.2, -0.15) is 4.68 Å². The Morgan fingerprint density at radius 3 is 2.38 bits per heavy atom. The molecule has 0 aliphatic carbocycles. The number of H-pyrrole nitrogens is 1. The molecule has 4 rings (SSSR count). The quantitative estimate of drug-likeness (QED) is 0.587. The zero-order valence-corrected chi connectivity index (χ0v) is 18.2. The fourth-order valence-corrected chi connectivity index (χ4v) is 3.48. The molecule has 1 amide bonds. The van der Waals surface area contributed by atoms with E-state index in [9.17, 15) is 9.59 Å². The number of nitrogens with one attached hydrogen (secondary N) is 2. The minimum absolute atomic E-state index is 0.0708. The van der Waals surface area contributed by atoms with Gasteiger partial charge in [0.2, 0.25) is 11.9 Å². The fourth-order valence-electron chi connectivity index (χ4n) is 3.48. The molecular weight excluding hydrogens is 412 g/mol. The summed E-state index contributed by atoms with van der Waals surface area (Å²) in [4.78, 5) is 26.2. The highest BCUT2D eigenvalue weighted by molar-refractivity contribution is 5.86. The largest absolute Gasteiger partial charge is 0.491 e. The number of hydrogen-bond donors (Lipinski definition) is 2. The number of carbonyl (C=O) groups excluding carboxylic acids is 1. The molecule has 3 aromatic rings. The molecule has 2 aromatic carbocycles. The molecule has 0 bridgehead atoms. The Labute approximate surface area is 185 Å². The number of ether oxygens (including phenoxy) is 3. The van der Waals surface area contributed by atoms with Crippen LogP contribution in [0, 0.1) is 13.8 Å². The first-order chi connectivity index (χ1) is 15.4. The summed E-state index contributed by atoms with van der Waals surface area (Å²) in [6.45, 7) is 5.60. The Bertz CT molecular complexity index is 1120. The second-order valence-corrected chi connectivity index (χ2v) is 7.86. The monoisotopic (exact) mass is 438 g/mol. The van der Waals surface area contributed by atoms with E-state index in [0.29, 0.717) is 12.2 Å². The van der Waals surface area contributed by atoms with Crippen LogP contribution in [0.15, 0.2) is 53.3 Å². The number of hydrogen-bond acceptors (Lipinski definition) is 6. The van der Waals surface area contributed by atoms with Crippen LogP contribution in [-0.4, -0.2) is 39.5 Å². The van der Waals surface area contributed by atoms with E-state index in [2.05, 4.69) is 15.4 Å². The molecule has 1 aliphatic heterocycles. The highest BCUT2D eigenvalue weighted by Gasteiger charge is 2.40. The van der Waals surface area contributed by atoms with Gasteiger partial charge >= 0.3 is 5.69 Å². The summed E-state index contributed by atoms with van der Waals surface area (Å²) in [6, 6.07) is 15.5. The third kappa shape index (κ3) is 5.17. The third-order valence-corrected chi connectivity index (χ3v) is 5.13. The summed E-state index contributed by atoms with van der Waals surface area (Å²) in [5.74, 6) is 1.17. The number of nitrogens with zero attached hydrogens (tertiary/aromatic N) is 2. The number of aryl methyl sites for hydroxylation is 2. The summed E-state index contributed by atoms with van der Waals surface area (Å²) in [5.41, 5.74) is 1.79. The second kappa shape index (κ2) is 9.27. The SMILES string of the molecule is CC(=O)Nc1nn([C@H]2C[C@H](Oc3ccc(C)cc3)[C@@H](COc3ccc(C)cc3)O2)c(=O)[nH]1. The van der Waals surface area contributed by atoms with Crippen LogP contribution in [0.4, 0.5) is 5.95 Å². The van der Waals surface area contributed by atoms with E-state index in [-0.39, 0.29) is 24.6 Å². The van der Waals surface area contributed by atoms with Crippen LogP contribution in [0.25, 0.3) is 0 Å². The van der Waals surface area contributed by atoms with Crippen LogP contribution < -0.4 is 20.5 Å². The number of anilines is 1. The van der Waals surface area contributed by atoms with Gasteiger partial charge in [-0.05, 0) is 38.1 Å². The first kappa shape index (κ1) is 21.6. The van der Waals surface area contributed by atoms with Gasteiger partial charge < -0.3 is 14.2 Å². The van der Waals surface area contributed by atoms with Crippen LogP contribution in [0.1, 0.15) is 30.7 Å². The average Bonchev–Trinajstić information content (AvgIpc) is 3.31. The lowest BCUT2D eigenvalue weighted by atomic mass is 10.1. The summed E-state index contributed by atoms with van der Waals surface area (Å²) in [6.07, 6.45) is -1.07. The van der Waals surface area contributed by atoms with Crippen molar-refractivity contribution in [2.45, 2.75) is 45.6 Å². The van der Waals surface area contributed by atoms with Crippen molar-refractivity contribution in [3.05, 3.63) is 70.1 Å². The lowest BCUT2D eigenvalue weighted by Gasteiger charge is -2.20. The molecule has 3 atom stereocenters. The van der Waals surface area contributed by atoms with E-state index in [4.69, 9.17) is 14.2 Å². The van der Waals surface area contributed by atoms with Gasteiger partial charge in [-0.3, -0.25) is 15.1 Å². The Morgan fingerprint density at radius 1 is 1.12 bits per heavy atom. The number of rotatable bonds is 7. The molecule has 9 heteroatoms. The molecule has 1 aliphatic rings. The molecule has 1 saturated heterocycles. The van der Waals surface area contributed by atoms with Gasteiger partial charge in [-0.25, -0.2) is 4.79 Å². The van der Waals surface area contributed by atoms with Crippen LogP contribution >= 0.6 is 0 Å². The van der Waals surface area contributed by atoms with Crippen LogP contribution in [-0.2, 0) is 9.53 Å². The standard InChI is InChI=1S/C23H26N4O5/c1-14-4-8-17(9-5-14)30-13-20-19(31-18-10-6-15(2)7-11-18)12-21(32-20)27-23(29)25-22(26-27)24-16(3)28/h4-11,19-21H,12-13H2,1-3H3,(H2,24,25,26,28,29)/t19-,20+,21+/m0/s1. The average molecular weight is 438 g/mol. The predicted molar refractivity (Wildman–Crippen MR) is 118 cm³/mol. The van der Waals surface area contributed by atoms with Gasteiger partial charge in [-0.1, -0.05) is 35.4 Å². The maximum absolute atomic E-state index is 12.4. The van der Waals surface area contributed by atoms with Gasteiger partial charge in [0.1, 0.15) is 30.3 Å². The Hall–Kier alpha value is -3.59. The van der Waals surface area contributed by atoms with Crippen LogP contribution in [0.2, 0.25) is 0 Å². The number of aromatic nitrogens is 3. The first-order valence-electron chi connectivity index (χ1n) is 10.4. The van der Waals surface area contributed by atoms with Gasteiger partial charge in [0.15, 0.2) is 6.23 Å². The highest BCUT2D eigenvalue weighted by Crippen LogP contribution is 2.31. The summed E-state index contributed by atoms with van der Waals surface area (Å²) in [5, 5.41) is 6.61. The normalized spacial score (nSPS) is 20.2. The summed E-state index contributed by atoms with van der Waals surface area (Å²) in [7, 11) is 0. The van der Waals surface area contributed by atoms with Gasteiger partial charge in [-0.15, -0.1) is 5.10 Å². The van der Waals surface area contributed by atoms with Crippen molar-refractivity contribution in [1.82, 2.24) is 14.8 Å². The predicted octanol–water partition coefficient (Wildman–Crippen LogP) is 2.96. The van der Waals surface area contributed by atoms with E-state index in [1.54, 1.807) is 0 Å². The fraction of sp³-hybridized carbons (Fsp3) is 0.348. The zero-order valence-electron chi connectivity index (χ0n) is 18.2. The first-order valence-corrected chi connectivity index (χ1v) is 10.4. The molecule has 0 unspecified atom stereocenters. The smallest absolute Gasteiger partial charge is 0.347 e. The van der Waals surface area contributed by atoms with Crippen molar-refractivity contribution in [2.24, 2.45) is 0 Å². The number of aromatic amines is 1. The molecule has 0 spiro atoms. The molecule has 1 fully saturated rings. The topological polar surface area (TPSA) is 107 Å². The molecular formula is C23H26N4O5. The molecule has 168 valence electrons. The Morgan fingerprint density at radius 2 is 1.75 bits per heavy atom. The molecule has 2 heterocycles. The molecule has 0 saturated carbocycles. The van der Waals surface area contributed by atoms with Gasteiger partial charge in [0.25, 0.3) is 0 Å². The number of benzene rings is 2. The molecule has 1 aromatic heterocycles. The van der Waals surface area contributed by atoms with Crippen molar-refractivity contribution in [3.63, 3.8) is 0 Å². The van der Waals surface area contributed by atoms with Crippen molar-refractivity contribution in [1.29, 1.82) is 0 Å². The van der Waals surface area contributed by atoms with E-state index in [1.165, 1.54) is 11.6 Å². The summed E-state index contributed by atoms with van der Waals surface area (Å²) >= 11 is 0. The van der Waals surface area contributed by atoms with E-state index >= 15 is 0 Å². The maximum atomic E-state index is 12.4. The molecule has 9 nitrogen and oxygen atoms in total. The molecule has 32 heavy (non-hydrogen) atoms. The number of carbonyl (C=O) groups is 1. The summed E-state index contributed by atoms with van der Waals surface area (Å²) < 4.78 is 19.4. The van der Waals surface area contributed by atoms with Crippen molar-refractivity contribution >= 4 is 11.9 Å². The van der Waals surface area contributed by atoms with Crippen molar-refractivity contribution in [3.8, 4) is 11.5 Å². The third-order valence-electron chi connectivity index (χ3n) is 5.13. The van der Waals surface area contributed by atoms with Crippen LogP contribution in [0.3, 0.4) is 0 Å². The number of amides is 1. The van der Waals surface area contributed by atoms with Gasteiger partial charge in [0.05, 0.1) is 0 Å². The zero-order chi connectivity index (χ0) is 22.7. The minimum atomic E-state index is -0.664. The van der Waals surface area contributed by atoms with E-state index in [0.717, 1.165) is 16.9 Å². The Kier molecular flexibility index (Phi) is 6.27. The van der Waals surface area contributed by atoms with Crippen molar-refractivity contribution in [2.75, 3.05) is 11.9 Å². The van der Waals surface area contributed by atoms with E-state index < -0.39 is 18.0 Å². The molecule has 0 radical (unpaired) electrons.